The highest BCUT2D eigenvalue weighted by molar-refractivity contribution is 7.89. The number of benzene rings is 2. The van der Waals surface area contributed by atoms with Crippen LogP contribution < -0.4 is 28.4 Å². The van der Waals surface area contributed by atoms with E-state index in [0.29, 0.717) is 28.7 Å². The SMILES string of the molecule is COc1cc(OC)cc(OCCNS(=O)(=O)c2ccc3c(c2)OCO3)c1. The summed E-state index contributed by atoms with van der Waals surface area (Å²) < 4.78 is 53.4. The zero-order valence-electron chi connectivity index (χ0n) is 14.4. The molecule has 1 aliphatic rings. The summed E-state index contributed by atoms with van der Waals surface area (Å²) in [5, 5.41) is 0. The summed E-state index contributed by atoms with van der Waals surface area (Å²) >= 11 is 0. The molecule has 1 N–H and O–H groups in total. The predicted molar refractivity (Wildman–Crippen MR) is 92.8 cm³/mol. The Labute approximate surface area is 151 Å². The van der Waals surface area contributed by atoms with Gasteiger partial charge in [-0.25, -0.2) is 13.1 Å². The van der Waals surface area contributed by atoms with Gasteiger partial charge >= 0.3 is 0 Å². The highest BCUT2D eigenvalue weighted by atomic mass is 32.2. The Kier molecular flexibility index (Phi) is 5.38. The first-order valence-corrected chi connectivity index (χ1v) is 9.25. The van der Waals surface area contributed by atoms with Gasteiger partial charge in [0.25, 0.3) is 0 Å². The third kappa shape index (κ3) is 4.12. The highest BCUT2D eigenvalue weighted by Gasteiger charge is 2.20. The van der Waals surface area contributed by atoms with Crippen LogP contribution in [0.3, 0.4) is 0 Å². The quantitative estimate of drug-likeness (QED) is 0.697. The monoisotopic (exact) mass is 381 g/mol. The van der Waals surface area contributed by atoms with Crippen LogP contribution in [0.25, 0.3) is 0 Å². The molecule has 0 atom stereocenters. The van der Waals surface area contributed by atoms with Gasteiger partial charge in [-0.3, -0.25) is 0 Å². The molecule has 8 nitrogen and oxygen atoms in total. The van der Waals surface area contributed by atoms with E-state index in [4.69, 9.17) is 23.7 Å². The van der Waals surface area contributed by atoms with Gasteiger partial charge in [0.15, 0.2) is 11.5 Å². The maximum atomic E-state index is 12.3. The topological polar surface area (TPSA) is 92.3 Å². The molecule has 0 unspecified atom stereocenters. The normalized spacial score (nSPS) is 12.7. The van der Waals surface area contributed by atoms with Gasteiger partial charge in [0, 0.05) is 30.8 Å². The molecule has 9 heteroatoms. The first kappa shape index (κ1) is 18.2. The van der Waals surface area contributed by atoms with Crippen LogP contribution in [-0.4, -0.2) is 42.6 Å². The van der Waals surface area contributed by atoms with E-state index in [1.807, 2.05) is 0 Å². The van der Waals surface area contributed by atoms with Crippen LogP contribution in [-0.2, 0) is 10.0 Å². The molecule has 0 saturated heterocycles. The molecular weight excluding hydrogens is 362 g/mol. The van der Waals surface area contributed by atoms with Crippen LogP contribution in [0.5, 0.6) is 28.7 Å². The lowest BCUT2D eigenvalue weighted by molar-refractivity contribution is 0.174. The molecular formula is C17H19NO7S. The van der Waals surface area contributed by atoms with Crippen LogP contribution in [0.1, 0.15) is 0 Å². The zero-order chi connectivity index (χ0) is 18.6. The van der Waals surface area contributed by atoms with E-state index in [2.05, 4.69) is 4.72 Å². The summed E-state index contributed by atoms with van der Waals surface area (Å²) in [5.74, 6) is 2.62. The van der Waals surface area contributed by atoms with E-state index >= 15 is 0 Å². The minimum absolute atomic E-state index is 0.0874. The number of nitrogens with one attached hydrogen (secondary N) is 1. The van der Waals surface area contributed by atoms with Crippen molar-refractivity contribution in [2.45, 2.75) is 4.90 Å². The van der Waals surface area contributed by atoms with Crippen molar-refractivity contribution < 1.29 is 32.1 Å². The Bertz CT molecular complexity index is 860. The lowest BCUT2D eigenvalue weighted by Gasteiger charge is -2.11. The van der Waals surface area contributed by atoms with E-state index in [-0.39, 0.29) is 24.8 Å². The minimum atomic E-state index is -3.68. The Morgan fingerprint density at radius 2 is 1.62 bits per heavy atom. The van der Waals surface area contributed by atoms with E-state index in [0.717, 1.165) is 0 Å². The smallest absolute Gasteiger partial charge is 0.240 e. The fraction of sp³-hybridized carbons (Fsp3) is 0.294. The highest BCUT2D eigenvalue weighted by Crippen LogP contribution is 2.33. The Morgan fingerprint density at radius 3 is 2.31 bits per heavy atom. The van der Waals surface area contributed by atoms with E-state index in [1.165, 1.54) is 26.4 Å². The number of hydrogen-bond acceptors (Lipinski definition) is 7. The lowest BCUT2D eigenvalue weighted by atomic mass is 10.3. The maximum absolute atomic E-state index is 12.3. The number of ether oxygens (including phenoxy) is 5. The van der Waals surface area contributed by atoms with Crippen molar-refractivity contribution >= 4 is 10.0 Å². The molecule has 0 spiro atoms. The summed E-state index contributed by atoms with van der Waals surface area (Å²) in [4.78, 5) is 0.102. The Hall–Kier alpha value is -2.65. The predicted octanol–water partition coefficient (Wildman–Crippen LogP) is 1.79. The molecule has 0 saturated carbocycles. The van der Waals surface area contributed by atoms with Gasteiger partial charge in [0.1, 0.15) is 23.9 Å². The number of fused-ring (bicyclic) bond motifs is 1. The second-order valence-electron chi connectivity index (χ2n) is 5.31. The third-order valence-electron chi connectivity index (χ3n) is 3.64. The average molecular weight is 381 g/mol. The van der Waals surface area contributed by atoms with E-state index < -0.39 is 10.0 Å². The number of hydrogen-bond donors (Lipinski definition) is 1. The summed E-state index contributed by atoms with van der Waals surface area (Å²) in [6.07, 6.45) is 0. The van der Waals surface area contributed by atoms with Crippen molar-refractivity contribution in [1.82, 2.24) is 4.72 Å². The second kappa shape index (κ2) is 7.71. The molecule has 3 rings (SSSR count). The van der Waals surface area contributed by atoms with Gasteiger partial charge < -0.3 is 23.7 Å². The second-order valence-corrected chi connectivity index (χ2v) is 7.08. The van der Waals surface area contributed by atoms with Crippen molar-refractivity contribution in [2.24, 2.45) is 0 Å². The van der Waals surface area contributed by atoms with Crippen molar-refractivity contribution in [3.63, 3.8) is 0 Å². The summed E-state index contributed by atoms with van der Waals surface area (Å²) in [7, 11) is -0.597. The molecule has 0 aromatic heterocycles. The molecule has 2 aromatic carbocycles. The summed E-state index contributed by atoms with van der Waals surface area (Å²) in [5.41, 5.74) is 0. The van der Waals surface area contributed by atoms with Crippen molar-refractivity contribution in [3.05, 3.63) is 36.4 Å². The molecule has 26 heavy (non-hydrogen) atoms. The molecule has 0 fully saturated rings. The van der Waals surface area contributed by atoms with Gasteiger partial charge in [0.2, 0.25) is 16.8 Å². The number of rotatable bonds is 8. The fourth-order valence-corrected chi connectivity index (χ4v) is 3.37. The number of sulfonamides is 1. The molecule has 1 aliphatic heterocycles. The standard InChI is InChI=1S/C17H19NO7S/c1-21-12-7-13(22-2)9-14(8-12)23-6-5-18-26(19,20)15-3-4-16-17(10-15)25-11-24-16/h3-4,7-10,18H,5-6,11H2,1-2H3. The van der Waals surface area contributed by atoms with Gasteiger partial charge in [0.05, 0.1) is 19.1 Å². The number of methoxy groups -OCH3 is 2. The molecule has 0 radical (unpaired) electrons. The van der Waals surface area contributed by atoms with E-state index in [9.17, 15) is 8.42 Å². The molecule has 1 heterocycles. The fourth-order valence-electron chi connectivity index (χ4n) is 2.34. The van der Waals surface area contributed by atoms with Crippen molar-refractivity contribution in [2.75, 3.05) is 34.2 Å². The van der Waals surface area contributed by atoms with Crippen LogP contribution in [0.15, 0.2) is 41.3 Å². The molecule has 0 aliphatic carbocycles. The Balaban J connectivity index is 1.57. The average Bonchev–Trinajstić information content (AvgIpc) is 3.12. The molecule has 2 aromatic rings. The largest absolute Gasteiger partial charge is 0.496 e. The van der Waals surface area contributed by atoms with Crippen LogP contribution >= 0.6 is 0 Å². The first-order valence-electron chi connectivity index (χ1n) is 7.77. The Morgan fingerprint density at radius 1 is 0.962 bits per heavy atom. The summed E-state index contributed by atoms with van der Waals surface area (Å²) in [6.45, 7) is 0.320. The van der Waals surface area contributed by atoms with Crippen LogP contribution in [0.4, 0.5) is 0 Å². The van der Waals surface area contributed by atoms with Gasteiger partial charge in [-0.2, -0.15) is 0 Å². The zero-order valence-corrected chi connectivity index (χ0v) is 15.2. The minimum Gasteiger partial charge on any atom is -0.496 e. The van der Waals surface area contributed by atoms with Crippen molar-refractivity contribution in [1.29, 1.82) is 0 Å². The first-order chi connectivity index (χ1) is 12.5. The molecule has 0 bridgehead atoms. The van der Waals surface area contributed by atoms with E-state index in [1.54, 1.807) is 24.3 Å². The third-order valence-corrected chi connectivity index (χ3v) is 5.10. The van der Waals surface area contributed by atoms with Gasteiger partial charge in [-0.15, -0.1) is 0 Å². The van der Waals surface area contributed by atoms with Gasteiger partial charge in [-0.05, 0) is 12.1 Å². The molecule has 0 amide bonds. The van der Waals surface area contributed by atoms with Crippen LogP contribution in [0, 0.1) is 0 Å². The lowest BCUT2D eigenvalue weighted by Crippen LogP contribution is -2.28. The van der Waals surface area contributed by atoms with Crippen molar-refractivity contribution in [3.8, 4) is 28.7 Å². The van der Waals surface area contributed by atoms with Gasteiger partial charge in [-0.1, -0.05) is 0 Å². The maximum Gasteiger partial charge on any atom is 0.240 e. The molecule has 140 valence electrons. The summed E-state index contributed by atoms with van der Waals surface area (Å²) in [6, 6.07) is 9.55. The van der Waals surface area contributed by atoms with Crippen LogP contribution in [0.2, 0.25) is 0 Å².